The second-order valence-electron chi connectivity index (χ2n) is 4.59. The number of amidine groups is 1. The lowest BCUT2D eigenvalue weighted by molar-refractivity contribution is 0.318. The Morgan fingerprint density at radius 3 is 2.83 bits per heavy atom. The van der Waals surface area contributed by atoms with Gasteiger partial charge in [0.1, 0.15) is 5.82 Å². The van der Waals surface area contributed by atoms with Crippen LogP contribution in [0.5, 0.6) is 0 Å². The second kappa shape index (κ2) is 6.44. The van der Waals surface area contributed by atoms with Crippen molar-refractivity contribution in [3.05, 3.63) is 22.8 Å². The Labute approximate surface area is 112 Å². The highest BCUT2D eigenvalue weighted by Crippen LogP contribution is 2.26. The molecule has 1 rings (SSSR count). The van der Waals surface area contributed by atoms with Gasteiger partial charge in [-0.05, 0) is 18.4 Å². The summed E-state index contributed by atoms with van der Waals surface area (Å²) in [5, 5.41) is 12.0. The fourth-order valence-corrected chi connectivity index (χ4v) is 1.86. The highest BCUT2D eigenvalue weighted by atomic mass is 35.5. The number of pyridine rings is 1. The van der Waals surface area contributed by atoms with Gasteiger partial charge in [0.15, 0.2) is 5.84 Å². The summed E-state index contributed by atoms with van der Waals surface area (Å²) in [5.41, 5.74) is 6.04. The molecule has 0 atom stereocenters. The van der Waals surface area contributed by atoms with Crippen LogP contribution in [0.15, 0.2) is 17.4 Å². The largest absolute Gasteiger partial charge is 0.409 e. The number of nitrogens with two attached hydrogens (primary N) is 1. The zero-order valence-corrected chi connectivity index (χ0v) is 11.6. The van der Waals surface area contributed by atoms with E-state index in [0.29, 0.717) is 22.3 Å². The van der Waals surface area contributed by atoms with Crippen molar-refractivity contribution in [3.63, 3.8) is 0 Å². The second-order valence-corrected chi connectivity index (χ2v) is 4.96. The molecule has 6 heteroatoms. The van der Waals surface area contributed by atoms with E-state index in [-0.39, 0.29) is 5.84 Å². The monoisotopic (exact) mass is 270 g/mol. The Hall–Kier alpha value is -1.49. The molecule has 1 aromatic rings. The van der Waals surface area contributed by atoms with E-state index in [0.717, 1.165) is 13.0 Å². The summed E-state index contributed by atoms with van der Waals surface area (Å²) in [4.78, 5) is 6.20. The van der Waals surface area contributed by atoms with Crippen LogP contribution in [0.4, 0.5) is 5.82 Å². The van der Waals surface area contributed by atoms with E-state index in [9.17, 15) is 0 Å². The summed E-state index contributed by atoms with van der Waals surface area (Å²) in [6.07, 6.45) is 2.64. The molecular formula is C12H19ClN4O. The van der Waals surface area contributed by atoms with Crippen LogP contribution in [0.3, 0.4) is 0 Å². The molecule has 0 fully saturated rings. The van der Waals surface area contributed by atoms with E-state index in [2.05, 4.69) is 24.0 Å². The van der Waals surface area contributed by atoms with Crippen molar-refractivity contribution in [3.8, 4) is 0 Å². The summed E-state index contributed by atoms with van der Waals surface area (Å²) < 4.78 is 0. The number of hydrogen-bond donors (Lipinski definition) is 2. The van der Waals surface area contributed by atoms with Crippen LogP contribution in [0, 0.1) is 5.92 Å². The third-order valence-electron chi connectivity index (χ3n) is 2.66. The molecule has 1 aromatic heterocycles. The molecule has 0 saturated heterocycles. The van der Waals surface area contributed by atoms with Crippen molar-refractivity contribution in [2.24, 2.45) is 16.8 Å². The average molecular weight is 271 g/mol. The van der Waals surface area contributed by atoms with Crippen molar-refractivity contribution < 1.29 is 5.21 Å². The molecule has 0 aliphatic carbocycles. The van der Waals surface area contributed by atoms with Gasteiger partial charge >= 0.3 is 0 Å². The highest BCUT2D eigenvalue weighted by molar-refractivity contribution is 6.36. The maximum Gasteiger partial charge on any atom is 0.171 e. The topological polar surface area (TPSA) is 74.7 Å². The van der Waals surface area contributed by atoms with Gasteiger partial charge in [-0.3, -0.25) is 0 Å². The fourth-order valence-electron chi connectivity index (χ4n) is 1.51. The molecule has 0 aliphatic heterocycles. The van der Waals surface area contributed by atoms with Crippen LogP contribution in [0.2, 0.25) is 5.02 Å². The zero-order valence-electron chi connectivity index (χ0n) is 10.9. The van der Waals surface area contributed by atoms with Crippen LogP contribution in [0.1, 0.15) is 25.8 Å². The number of hydrogen-bond acceptors (Lipinski definition) is 4. The zero-order chi connectivity index (χ0) is 13.7. The Bertz CT molecular complexity index is 434. The third-order valence-corrected chi connectivity index (χ3v) is 3.03. The first-order valence-electron chi connectivity index (χ1n) is 5.81. The Kier molecular flexibility index (Phi) is 5.22. The third kappa shape index (κ3) is 3.50. The van der Waals surface area contributed by atoms with Gasteiger partial charge in [0, 0.05) is 25.4 Å². The van der Waals surface area contributed by atoms with Crippen LogP contribution in [0.25, 0.3) is 0 Å². The van der Waals surface area contributed by atoms with Crippen LogP contribution >= 0.6 is 11.6 Å². The van der Waals surface area contributed by atoms with Crippen molar-refractivity contribution in [2.75, 3.05) is 18.5 Å². The van der Waals surface area contributed by atoms with E-state index < -0.39 is 0 Å². The lowest BCUT2D eigenvalue weighted by atomic mass is 10.1. The molecule has 0 bridgehead atoms. The van der Waals surface area contributed by atoms with Gasteiger partial charge in [-0.1, -0.05) is 30.6 Å². The Morgan fingerprint density at radius 1 is 1.61 bits per heavy atom. The molecule has 0 saturated carbocycles. The molecule has 0 unspecified atom stereocenters. The standard InChI is InChI=1S/C12H19ClN4O/c1-8(2)5-7-17(3)12-10(13)9(4-6-15-12)11(14)16-18/h4,6,8,18H,5,7H2,1-3H3,(H2,14,16). The average Bonchev–Trinajstić information content (AvgIpc) is 2.35. The number of rotatable bonds is 5. The van der Waals surface area contributed by atoms with Crippen LogP contribution < -0.4 is 10.6 Å². The first-order chi connectivity index (χ1) is 8.47. The Morgan fingerprint density at radius 2 is 2.28 bits per heavy atom. The molecule has 100 valence electrons. The minimum Gasteiger partial charge on any atom is -0.409 e. The minimum atomic E-state index is -0.0130. The predicted octanol–water partition coefficient (Wildman–Crippen LogP) is 2.31. The van der Waals surface area contributed by atoms with E-state index in [1.165, 1.54) is 0 Å². The first-order valence-corrected chi connectivity index (χ1v) is 6.18. The Balaban J connectivity index is 2.96. The molecular weight excluding hydrogens is 252 g/mol. The van der Waals surface area contributed by atoms with Gasteiger partial charge in [-0.25, -0.2) is 4.98 Å². The van der Waals surface area contributed by atoms with Crippen molar-refractivity contribution in [1.29, 1.82) is 0 Å². The number of nitrogens with zero attached hydrogens (tertiary/aromatic N) is 3. The molecule has 0 spiro atoms. The first kappa shape index (κ1) is 14.6. The summed E-state index contributed by atoms with van der Waals surface area (Å²) in [6.45, 7) is 5.18. The summed E-state index contributed by atoms with van der Waals surface area (Å²) in [6, 6.07) is 1.62. The van der Waals surface area contributed by atoms with Gasteiger partial charge in [0.05, 0.1) is 5.02 Å². The van der Waals surface area contributed by atoms with Crippen LogP contribution in [-0.2, 0) is 0 Å². The maximum atomic E-state index is 8.69. The molecule has 0 amide bonds. The number of halogens is 1. The maximum absolute atomic E-state index is 8.69. The van der Waals surface area contributed by atoms with Crippen LogP contribution in [-0.4, -0.2) is 29.6 Å². The van der Waals surface area contributed by atoms with Crippen molar-refractivity contribution in [1.82, 2.24) is 4.98 Å². The van der Waals surface area contributed by atoms with Gasteiger partial charge in [-0.2, -0.15) is 0 Å². The van der Waals surface area contributed by atoms with Crippen molar-refractivity contribution in [2.45, 2.75) is 20.3 Å². The fraction of sp³-hybridized carbons (Fsp3) is 0.500. The number of oxime groups is 1. The number of aromatic nitrogens is 1. The molecule has 0 radical (unpaired) electrons. The molecule has 18 heavy (non-hydrogen) atoms. The van der Waals surface area contributed by atoms with E-state index in [1.54, 1.807) is 12.3 Å². The smallest absolute Gasteiger partial charge is 0.171 e. The highest BCUT2D eigenvalue weighted by Gasteiger charge is 2.14. The van der Waals surface area contributed by atoms with Crippen molar-refractivity contribution >= 4 is 23.3 Å². The van der Waals surface area contributed by atoms with E-state index >= 15 is 0 Å². The molecule has 0 aromatic carbocycles. The van der Waals surface area contributed by atoms with E-state index in [4.69, 9.17) is 22.5 Å². The molecule has 5 nitrogen and oxygen atoms in total. The SMILES string of the molecule is CC(C)CCN(C)c1nccc(/C(N)=N/O)c1Cl. The molecule has 3 N–H and O–H groups in total. The molecule has 1 heterocycles. The van der Waals surface area contributed by atoms with E-state index in [1.807, 2.05) is 11.9 Å². The predicted molar refractivity (Wildman–Crippen MR) is 74.5 cm³/mol. The lowest BCUT2D eigenvalue weighted by Gasteiger charge is -2.21. The minimum absolute atomic E-state index is 0.0130. The van der Waals surface area contributed by atoms with Gasteiger partial charge in [0.25, 0.3) is 0 Å². The summed E-state index contributed by atoms with van der Waals surface area (Å²) in [5.74, 6) is 1.24. The van der Waals surface area contributed by atoms with Gasteiger partial charge < -0.3 is 15.8 Å². The summed E-state index contributed by atoms with van der Waals surface area (Å²) in [7, 11) is 1.92. The lowest BCUT2D eigenvalue weighted by Crippen LogP contribution is -2.23. The summed E-state index contributed by atoms with van der Waals surface area (Å²) >= 11 is 6.22. The quantitative estimate of drug-likeness (QED) is 0.373. The normalized spacial score (nSPS) is 11.9. The van der Waals surface area contributed by atoms with Gasteiger partial charge in [-0.15, -0.1) is 0 Å². The van der Waals surface area contributed by atoms with Gasteiger partial charge in [0.2, 0.25) is 0 Å². The molecule has 0 aliphatic rings. The number of anilines is 1.